The number of halogens is 1. The molecule has 0 aromatic rings. The lowest BCUT2D eigenvalue weighted by Crippen LogP contribution is -2.46. The smallest absolute Gasteiger partial charge is 0.410 e. The molecule has 1 aliphatic heterocycles. The van der Waals surface area contributed by atoms with Gasteiger partial charge in [0.2, 0.25) is 0 Å². The number of carbonyl (C=O) groups excluding carboxylic acids is 1. The number of nitrogens with zero attached hydrogens (tertiary/aromatic N) is 1. The van der Waals surface area contributed by atoms with Crippen molar-refractivity contribution in [3.8, 4) is 0 Å². The van der Waals surface area contributed by atoms with Crippen molar-refractivity contribution in [1.29, 1.82) is 0 Å². The first-order valence-corrected chi connectivity index (χ1v) is 6.62. The zero-order valence-corrected chi connectivity index (χ0v) is 11.3. The van der Waals surface area contributed by atoms with E-state index in [9.17, 15) is 4.79 Å². The van der Waals surface area contributed by atoms with Crippen LogP contribution in [0.1, 0.15) is 40.0 Å². The third kappa shape index (κ3) is 4.01. The van der Waals surface area contributed by atoms with Crippen molar-refractivity contribution in [1.82, 2.24) is 4.90 Å². The van der Waals surface area contributed by atoms with Crippen molar-refractivity contribution in [2.45, 2.75) is 51.7 Å². The molecule has 1 amide bonds. The van der Waals surface area contributed by atoms with Crippen LogP contribution in [0.5, 0.6) is 0 Å². The molecule has 1 saturated heterocycles. The van der Waals surface area contributed by atoms with Gasteiger partial charge in [-0.25, -0.2) is 4.79 Å². The van der Waals surface area contributed by atoms with Crippen molar-refractivity contribution in [2.75, 3.05) is 11.9 Å². The summed E-state index contributed by atoms with van der Waals surface area (Å²) in [6, 6.07) is 0.300. The van der Waals surface area contributed by atoms with E-state index in [1.165, 1.54) is 6.42 Å². The van der Waals surface area contributed by atoms with E-state index in [0.29, 0.717) is 6.04 Å². The molecule has 0 spiro atoms. The first-order chi connectivity index (χ1) is 6.94. The molecule has 4 heteroatoms. The van der Waals surface area contributed by atoms with Crippen LogP contribution in [0.15, 0.2) is 0 Å². The van der Waals surface area contributed by atoms with Gasteiger partial charge in [0, 0.05) is 17.9 Å². The molecule has 88 valence electrons. The third-order valence-electron chi connectivity index (χ3n) is 2.43. The van der Waals surface area contributed by atoms with Gasteiger partial charge < -0.3 is 9.64 Å². The Labute approximate surface area is 100 Å². The molecule has 1 atom stereocenters. The lowest BCUT2D eigenvalue weighted by Gasteiger charge is -2.35. The quantitative estimate of drug-likeness (QED) is 0.689. The van der Waals surface area contributed by atoms with E-state index >= 15 is 0 Å². The predicted molar refractivity (Wildman–Crippen MR) is 64.4 cm³/mol. The van der Waals surface area contributed by atoms with E-state index in [1.54, 1.807) is 0 Å². The highest BCUT2D eigenvalue weighted by molar-refractivity contribution is 9.09. The predicted octanol–water partition coefficient (Wildman–Crippen LogP) is 3.17. The van der Waals surface area contributed by atoms with Crippen LogP contribution in [-0.2, 0) is 4.74 Å². The van der Waals surface area contributed by atoms with Gasteiger partial charge in [0.15, 0.2) is 0 Å². The lowest BCUT2D eigenvalue weighted by molar-refractivity contribution is 0.0127. The third-order valence-corrected chi connectivity index (χ3v) is 3.18. The Hall–Kier alpha value is -0.250. The Balaban J connectivity index is 2.56. The maximum atomic E-state index is 11.9. The van der Waals surface area contributed by atoms with Crippen LogP contribution < -0.4 is 0 Å². The molecule has 0 aromatic carbocycles. The second kappa shape index (κ2) is 5.19. The maximum absolute atomic E-state index is 11.9. The van der Waals surface area contributed by atoms with Crippen LogP contribution in [-0.4, -0.2) is 34.5 Å². The summed E-state index contributed by atoms with van der Waals surface area (Å²) in [6.45, 7) is 6.53. The van der Waals surface area contributed by atoms with E-state index in [1.807, 2.05) is 25.7 Å². The van der Waals surface area contributed by atoms with Crippen molar-refractivity contribution < 1.29 is 9.53 Å². The van der Waals surface area contributed by atoms with Crippen LogP contribution in [0, 0.1) is 0 Å². The standard InChI is InChI=1S/C11H20BrNO2/c1-11(2,3)15-10(14)13-7-5-4-6-9(13)8-12/h9H,4-8H2,1-3H3/t9-/m0/s1. The summed E-state index contributed by atoms with van der Waals surface area (Å²) in [4.78, 5) is 13.7. The van der Waals surface area contributed by atoms with Gasteiger partial charge in [-0.05, 0) is 40.0 Å². The van der Waals surface area contributed by atoms with Crippen LogP contribution >= 0.6 is 15.9 Å². The Bertz CT molecular complexity index is 225. The first kappa shape index (κ1) is 12.8. The van der Waals surface area contributed by atoms with Gasteiger partial charge in [0.1, 0.15) is 5.60 Å². The van der Waals surface area contributed by atoms with Crippen LogP contribution in [0.25, 0.3) is 0 Å². The Morgan fingerprint density at radius 3 is 2.67 bits per heavy atom. The van der Waals surface area contributed by atoms with Gasteiger partial charge >= 0.3 is 6.09 Å². The van der Waals surface area contributed by atoms with Gasteiger partial charge in [-0.15, -0.1) is 0 Å². The number of likely N-dealkylation sites (tertiary alicyclic amines) is 1. The minimum Gasteiger partial charge on any atom is -0.444 e. The number of hydrogen-bond donors (Lipinski definition) is 0. The molecule has 3 nitrogen and oxygen atoms in total. The normalized spacial score (nSPS) is 22.7. The molecule has 0 N–H and O–H groups in total. The molecule has 0 saturated carbocycles. The SMILES string of the molecule is CC(C)(C)OC(=O)N1CCCC[C@H]1CBr. The largest absolute Gasteiger partial charge is 0.444 e. The molecule has 0 aromatic heterocycles. The molecular weight excluding hydrogens is 258 g/mol. The molecule has 0 bridgehead atoms. The second-order valence-corrected chi connectivity index (χ2v) is 5.63. The molecule has 0 aliphatic carbocycles. The van der Waals surface area contributed by atoms with Crippen LogP contribution in [0.4, 0.5) is 4.79 Å². The molecular formula is C11H20BrNO2. The minimum atomic E-state index is -0.397. The number of ether oxygens (including phenoxy) is 1. The molecule has 0 radical (unpaired) electrons. The highest BCUT2D eigenvalue weighted by Crippen LogP contribution is 2.21. The van der Waals surface area contributed by atoms with E-state index < -0.39 is 5.60 Å². The summed E-state index contributed by atoms with van der Waals surface area (Å²) >= 11 is 3.45. The van der Waals surface area contributed by atoms with E-state index in [-0.39, 0.29) is 6.09 Å². The topological polar surface area (TPSA) is 29.5 Å². The zero-order valence-electron chi connectivity index (χ0n) is 9.75. The van der Waals surface area contributed by atoms with Gasteiger partial charge in [0.05, 0.1) is 0 Å². The Morgan fingerprint density at radius 2 is 2.13 bits per heavy atom. The number of piperidine rings is 1. The van der Waals surface area contributed by atoms with Gasteiger partial charge in [0.25, 0.3) is 0 Å². The number of amides is 1. The van der Waals surface area contributed by atoms with Crippen molar-refractivity contribution >= 4 is 22.0 Å². The minimum absolute atomic E-state index is 0.174. The highest BCUT2D eigenvalue weighted by atomic mass is 79.9. The zero-order chi connectivity index (χ0) is 11.5. The lowest BCUT2D eigenvalue weighted by atomic mass is 10.0. The van der Waals surface area contributed by atoms with Gasteiger partial charge in [-0.2, -0.15) is 0 Å². The van der Waals surface area contributed by atoms with Crippen LogP contribution in [0.2, 0.25) is 0 Å². The van der Waals surface area contributed by atoms with Crippen molar-refractivity contribution in [2.24, 2.45) is 0 Å². The number of hydrogen-bond acceptors (Lipinski definition) is 2. The van der Waals surface area contributed by atoms with Crippen LogP contribution in [0.3, 0.4) is 0 Å². The highest BCUT2D eigenvalue weighted by Gasteiger charge is 2.29. The van der Waals surface area contributed by atoms with Gasteiger partial charge in [-0.3, -0.25) is 0 Å². The summed E-state index contributed by atoms with van der Waals surface area (Å²) in [5.74, 6) is 0. The summed E-state index contributed by atoms with van der Waals surface area (Å²) in [5.41, 5.74) is -0.397. The fourth-order valence-corrected chi connectivity index (χ4v) is 2.40. The number of carbonyl (C=O) groups is 1. The first-order valence-electron chi connectivity index (χ1n) is 5.49. The molecule has 1 heterocycles. The Morgan fingerprint density at radius 1 is 1.47 bits per heavy atom. The van der Waals surface area contributed by atoms with E-state index in [4.69, 9.17) is 4.74 Å². The molecule has 15 heavy (non-hydrogen) atoms. The summed E-state index contributed by atoms with van der Waals surface area (Å²) < 4.78 is 5.38. The maximum Gasteiger partial charge on any atom is 0.410 e. The second-order valence-electron chi connectivity index (χ2n) is 4.98. The molecule has 1 fully saturated rings. The average molecular weight is 278 g/mol. The fourth-order valence-electron chi connectivity index (χ4n) is 1.72. The molecule has 1 aliphatic rings. The average Bonchev–Trinajstić information content (AvgIpc) is 2.15. The van der Waals surface area contributed by atoms with Crippen molar-refractivity contribution in [3.05, 3.63) is 0 Å². The number of rotatable bonds is 1. The van der Waals surface area contributed by atoms with E-state index in [0.717, 1.165) is 24.7 Å². The molecule has 0 unspecified atom stereocenters. The molecule has 1 rings (SSSR count). The summed E-state index contributed by atoms with van der Waals surface area (Å²) in [7, 11) is 0. The Kier molecular flexibility index (Phi) is 4.44. The summed E-state index contributed by atoms with van der Waals surface area (Å²) in [5, 5.41) is 0.840. The summed E-state index contributed by atoms with van der Waals surface area (Å²) in [6.07, 6.45) is 3.19. The van der Waals surface area contributed by atoms with E-state index in [2.05, 4.69) is 15.9 Å². The van der Waals surface area contributed by atoms with Crippen molar-refractivity contribution in [3.63, 3.8) is 0 Å². The number of alkyl halides is 1. The van der Waals surface area contributed by atoms with Gasteiger partial charge in [-0.1, -0.05) is 15.9 Å². The monoisotopic (exact) mass is 277 g/mol. The fraction of sp³-hybridized carbons (Fsp3) is 0.909.